The zero-order valence-electron chi connectivity index (χ0n) is 12.4. The van der Waals surface area contributed by atoms with Crippen LogP contribution in [0.3, 0.4) is 0 Å². The smallest absolute Gasteiger partial charge is 0.387 e. The van der Waals surface area contributed by atoms with E-state index in [9.17, 15) is 13.6 Å². The predicted molar refractivity (Wildman–Crippen MR) is 80.1 cm³/mol. The SMILES string of the molecule is Cc1ccccc1CN(C)C(=O)c1ccc(OC(F)F)cc1. The van der Waals surface area contributed by atoms with E-state index in [1.165, 1.54) is 24.3 Å². The lowest BCUT2D eigenvalue weighted by Gasteiger charge is -2.18. The number of alkyl halides is 2. The molecule has 0 saturated heterocycles. The minimum atomic E-state index is -2.87. The van der Waals surface area contributed by atoms with E-state index in [0.717, 1.165) is 11.1 Å². The Hall–Kier alpha value is -2.43. The quantitative estimate of drug-likeness (QED) is 0.839. The molecule has 2 aromatic carbocycles. The van der Waals surface area contributed by atoms with E-state index < -0.39 is 6.61 Å². The van der Waals surface area contributed by atoms with Gasteiger partial charge in [0.25, 0.3) is 5.91 Å². The van der Waals surface area contributed by atoms with Crippen LogP contribution in [-0.4, -0.2) is 24.5 Å². The fourth-order valence-corrected chi connectivity index (χ4v) is 2.11. The fraction of sp³-hybridized carbons (Fsp3) is 0.235. The number of amides is 1. The van der Waals surface area contributed by atoms with Crippen molar-refractivity contribution in [3.63, 3.8) is 0 Å². The molecule has 0 saturated carbocycles. The molecular formula is C17H17F2NO2. The van der Waals surface area contributed by atoms with Gasteiger partial charge in [-0.2, -0.15) is 8.78 Å². The molecule has 3 nitrogen and oxygen atoms in total. The molecule has 116 valence electrons. The average Bonchev–Trinajstić information content (AvgIpc) is 2.49. The van der Waals surface area contributed by atoms with Crippen LogP contribution in [0.1, 0.15) is 21.5 Å². The van der Waals surface area contributed by atoms with Gasteiger partial charge in [-0.15, -0.1) is 0 Å². The lowest BCUT2D eigenvalue weighted by Crippen LogP contribution is -2.26. The van der Waals surface area contributed by atoms with Crippen LogP contribution >= 0.6 is 0 Å². The number of hydrogen-bond acceptors (Lipinski definition) is 2. The highest BCUT2D eigenvalue weighted by atomic mass is 19.3. The Morgan fingerprint density at radius 2 is 1.77 bits per heavy atom. The van der Waals surface area contributed by atoms with Crippen LogP contribution < -0.4 is 4.74 Å². The second kappa shape index (κ2) is 7.02. The molecule has 0 N–H and O–H groups in total. The van der Waals surface area contributed by atoms with E-state index in [2.05, 4.69) is 4.74 Å². The minimum absolute atomic E-state index is 0.0353. The molecule has 0 aliphatic carbocycles. The van der Waals surface area contributed by atoms with E-state index in [-0.39, 0.29) is 11.7 Å². The predicted octanol–water partition coefficient (Wildman–Crippen LogP) is 3.87. The monoisotopic (exact) mass is 305 g/mol. The number of aryl methyl sites for hydroxylation is 1. The van der Waals surface area contributed by atoms with Gasteiger partial charge in [0.1, 0.15) is 5.75 Å². The van der Waals surface area contributed by atoms with Crippen LogP contribution in [0.15, 0.2) is 48.5 Å². The van der Waals surface area contributed by atoms with Crippen molar-refractivity contribution in [2.45, 2.75) is 20.1 Å². The Bertz CT molecular complexity index is 641. The molecule has 22 heavy (non-hydrogen) atoms. The Kier molecular flexibility index (Phi) is 5.09. The van der Waals surface area contributed by atoms with Crippen molar-refractivity contribution < 1.29 is 18.3 Å². The first kappa shape index (κ1) is 15.9. The van der Waals surface area contributed by atoms with Crippen molar-refractivity contribution in [3.05, 3.63) is 65.2 Å². The molecule has 0 spiro atoms. The Labute approximate surface area is 128 Å². The number of benzene rings is 2. The summed E-state index contributed by atoms with van der Waals surface area (Å²) in [6.45, 7) is -0.393. The zero-order chi connectivity index (χ0) is 16.1. The molecule has 2 aromatic rings. The van der Waals surface area contributed by atoms with Crippen molar-refractivity contribution >= 4 is 5.91 Å². The van der Waals surface area contributed by atoms with Gasteiger partial charge in [0, 0.05) is 19.2 Å². The molecule has 5 heteroatoms. The van der Waals surface area contributed by atoms with Crippen molar-refractivity contribution in [2.75, 3.05) is 7.05 Å². The normalized spacial score (nSPS) is 10.6. The van der Waals surface area contributed by atoms with Crippen LogP contribution in [0.2, 0.25) is 0 Å². The van der Waals surface area contributed by atoms with Crippen LogP contribution in [-0.2, 0) is 6.54 Å². The van der Waals surface area contributed by atoms with Gasteiger partial charge in [0.2, 0.25) is 0 Å². The number of hydrogen-bond donors (Lipinski definition) is 0. The van der Waals surface area contributed by atoms with Crippen LogP contribution in [0, 0.1) is 6.92 Å². The van der Waals surface area contributed by atoms with Gasteiger partial charge in [-0.1, -0.05) is 24.3 Å². The minimum Gasteiger partial charge on any atom is -0.435 e. The van der Waals surface area contributed by atoms with Gasteiger partial charge in [0.15, 0.2) is 0 Å². The highest BCUT2D eigenvalue weighted by Gasteiger charge is 2.13. The third kappa shape index (κ3) is 4.04. The van der Waals surface area contributed by atoms with Crippen molar-refractivity contribution in [1.82, 2.24) is 4.90 Å². The zero-order valence-corrected chi connectivity index (χ0v) is 12.4. The van der Waals surface area contributed by atoms with Gasteiger partial charge in [0.05, 0.1) is 0 Å². The van der Waals surface area contributed by atoms with E-state index >= 15 is 0 Å². The third-order valence-corrected chi connectivity index (χ3v) is 3.34. The first-order chi connectivity index (χ1) is 10.5. The molecule has 0 aliphatic rings. The number of ether oxygens (including phenoxy) is 1. The number of rotatable bonds is 5. The first-order valence-corrected chi connectivity index (χ1v) is 6.82. The van der Waals surface area contributed by atoms with E-state index in [1.54, 1.807) is 11.9 Å². The van der Waals surface area contributed by atoms with Crippen LogP contribution in [0.5, 0.6) is 5.75 Å². The summed E-state index contributed by atoms with van der Waals surface area (Å²) in [5.41, 5.74) is 2.61. The number of carbonyl (C=O) groups is 1. The Balaban J connectivity index is 2.06. The van der Waals surface area contributed by atoms with Crippen molar-refractivity contribution in [3.8, 4) is 5.75 Å². The molecule has 0 fully saturated rings. The molecular weight excluding hydrogens is 288 g/mol. The molecule has 0 heterocycles. The van der Waals surface area contributed by atoms with Gasteiger partial charge in [-0.05, 0) is 42.3 Å². The summed E-state index contributed by atoms with van der Waals surface area (Å²) in [6.07, 6.45) is 0. The maximum Gasteiger partial charge on any atom is 0.387 e. The first-order valence-electron chi connectivity index (χ1n) is 6.82. The second-order valence-electron chi connectivity index (χ2n) is 4.99. The maximum absolute atomic E-state index is 12.3. The summed E-state index contributed by atoms with van der Waals surface area (Å²) in [4.78, 5) is 13.9. The maximum atomic E-state index is 12.3. The van der Waals surface area contributed by atoms with Crippen LogP contribution in [0.4, 0.5) is 8.78 Å². The largest absolute Gasteiger partial charge is 0.435 e. The summed E-state index contributed by atoms with van der Waals surface area (Å²) in [7, 11) is 1.71. The number of halogens is 2. The van der Waals surface area contributed by atoms with Crippen LogP contribution in [0.25, 0.3) is 0 Å². The van der Waals surface area contributed by atoms with E-state index in [4.69, 9.17) is 0 Å². The molecule has 0 unspecified atom stereocenters. The lowest BCUT2D eigenvalue weighted by atomic mass is 10.1. The lowest BCUT2D eigenvalue weighted by molar-refractivity contribution is -0.0498. The van der Waals surface area contributed by atoms with E-state index in [0.29, 0.717) is 12.1 Å². The van der Waals surface area contributed by atoms with Gasteiger partial charge in [-0.3, -0.25) is 4.79 Å². The molecule has 0 aliphatic heterocycles. The standard InChI is InChI=1S/C17H17F2NO2/c1-12-5-3-4-6-14(12)11-20(2)16(21)13-7-9-15(10-8-13)22-17(18)19/h3-10,17H,11H2,1-2H3. The highest BCUT2D eigenvalue weighted by Crippen LogP contribution is 2.17. The summed E-state index contributed by atoms with van der Waals surface area (Å²) < 4.78 is 28.4. The molecule has 0 aromatic heterocycles. The fourth-order valence-electron chi connectivity index (χ4n) is 2.11. The molecule has 2 rings (SSSR count). The summed E-state index contributed by atoms with van der Waals surface area (Å²) in [6, 6.07) is 13.5. The molecule has 1 amide bonds. The summed E-state index contributed by atoms with van der Waals surface area (Å²) >= 11 is 0. The highest BCUT2D eigenvalue weighted by molar-refractivity contribution is 5.94. The topological polar surface area (TPSA) is 29.5 Å². The van der Waals surface area contributed by atoms with Crippen molar-refractivity contribution in [1.29, 1.82) is 0 Å². The van der Waals surface area contributed by atoms with Crippen molar-refractivity contribution in [2.24, 2.45) is 0 Å². The number of nitrogens with zero attached hydrogens (tertiary/aromatic N) is 1. The molecule has 0 atom stereocenters. The second-order valence-corrected chi connectivity index (χ2v) is 4.99. The Morgan fingerprint density at radius 3 is 2.36 bits per heavy atom. The third-order valence-electron chi connectivity index (χ3n) is 3.34. The summed E-state index contributed by atoms with van der Waals surface area (Å²) in [5.74, 6) is -0.139. The van der Waals surface area contributed by atoms with Gasteiger partial charge >= 0.3 is 6.61 Å². The Morgan fingerprint density at radius 1 is 1.14 bits per heavy atom. The molecule has 0 bridgehead atoms. The number of carbonyl (C=O) groups excluding carboxylic acids is 1. The van der Waals surface area contributed by atoms with Gasteiger partial charge in [-0.25, -0.2) is 0 Å². The van der Waals surface area contributed by atoms with E-state index in [1.807, 2.05) is 31.2 Å². The summed E-state index contributed by atoms with van der Waals surface area (Å²) in [5, 5.41) is 0. The molecule has 0 radical (unpaired) electrons. The van der Waals surface area contributed by atoms with Gasteiger partial charge < -0.3 is 9.64 Å². The average molecular weight is 305 g/mol.